The molecule has 2 heterocycles. The Kier molecular flexibility index (Phi) is 8.15. The van der Waals surface area contributed by atoms with E-state index in [1.807, 2.05) is 55.5 Å². The van der Waals surface area contributed by atoms with Crippen LogP contribution in [0.2, 0.25) is 5.02 Å². The predicted molar refractivity (Wildman–Crippen MR) is 136 cm³/mol. The summed E-state index contributed by atoms with van der Waals surface area (Å²) in [6.07, 6.45) is 0. The summed E-state index contributed by atoms with van der Waals surface area (Å²) in [6, 6.07) is 14.2. The minimum absolute atomic E-state index is 0.236. The van der Waals surface area contributed by atoms with E-state index in [2.05, 4.69) is 20.4 Å². The minimum atomic E-state index is -0.676. The number of carbonyl (C=O) groups is 2. The zero-order chi connectivity index (χ0) is 24.8. The van der Waals surface area contributed by atoms with Crippen molar-refractivity contribution in [2.45, 2.75) is 19.9 Å². The van der Waals surface area contributed by atoms with Gasteiger partial charge < -0.3 is 25.0 Å². The van der Waals surface area contributed by atoms with E-state index in [0.29, 0.717) is 35.7 Å². The molecule has 186 valence electrons. The summed E-state index contributed by atoms with van der Waals surface area (Å²) in [4.78, 5) is 30.3. The molecule has 2 aromatic carbocycles. The molecule has 9 heteroatoms. The third-order valence-corrected chi connectivity index (χ3v) is 6.45. The average Bonchev–Trinajstić information content (AvgIpc) is 2.85. The quantitative estimate of drug-likeness (QED) is 0.540. The molecule has 4 rings (SSSR count). The van der Waals surface area contributed by atoms with Gasteiger partial charge in [-0.2, -0.15) is 0 Å². The lowest BCUT2D eigenvalue weighted by molar-refractivity contribution is -0.139. The van der Waals surface area contributed by atoms with Crippen molar-refractivity contribution in [3.8, 4) is 5.75 Å². The summed E-state index contributed by atoms with van der Waals surface area (Å²) in [5, 5.41) is 6.49. The summed E-state index contributed by atoms with van der Waals surface area (Å²) in [6.45, 7) is 7.88. The summed E-state index contributed by atoms with van der Waals surface area (Å²) < 4.78 is 11.2. The molecular weight excluding hydrogens is 468 g/mol. The number of hydrogen-bond acceptors (Lipinski definition) is 6. The predicted octanol–water partition coefficient (Wildman–Crippen LogP) is 3.73. The number of para-hydroxylation sites is 2. The highest BCUT2D eigenvalue weighted by Gasteiger charge is 2.36. The van der Waals surface area contributed by atoms with Gasteiger partial charge >= 0.3 is 12.0 Å². The molecule has 0 bridgehead atoms. The number of anilines is 1. The molecule has 0 radical (unpaired) electrons. The Morgan fingerprint density at radius 1 is 1.03 bits per heavy atom. The van der Waals surface area contributed by atoms with Gasteiger partial charge in [0, 0.05) is 44.0 Å². The van der Waals surface area contributed by atoms with Crippen LogP contribution in [0.25, 0.3) is 0 Å². The number of ether oxygens (including phenoxy) is 2. The Morgan fingerprint density at radius 3 is 2.46 bits per heavy atom. The monoisotopic (exact) mass is 498 g/mol. The third-order valence-electron chi connectivity index (χ3n) is 6.13. The van der Waals surface area contributed by atoms with Crippen LogP contribution in [0.3, 0.4) is 0 Å². The van der Waals surface area contributed by atoms with Crippen LogP contribution in [-0.2, 0) is 9.53 Å². The first-order valence-electron chi connectivity index (χ1n) is 11.9. The molecule has 1 fully saturated rings. The van der Waals surface area contributed by atoms with Crippen molar-refractivity contribution in [1.82, 2.24) is 15.5 Å². The van der Waals surface area contributed by atoms with Gasteiger partial charge in [0.25, 0.3) is 0 Å². The number of rotatable bonds is 8. The van der Waals surface area contributed by atoms with Crippen molar-refractivity contribution in [2.24, 2.45) is 0 Å². The maximum Gasteiger partial charge on any atom is 0.338 e. The second-order valence-electron chi connectivity index (χ2n) is 8.33. The van der Waals surface area contributed by atoms with Crippen LogP contribution >= 0.6 is 11.6 Å². The minimum Gasteiger partial charge on any atom is -0.494 e. The molecule has 2 N–H and O–H groups in total. The fourth-order valence-electron chi connectivity index (χ4n) is 4.51. The first-order valence-corrected chi connectivity index (χ1v) is 12.3. The Labute approximate surface area is 210 Å². The van der Waals surface area contributed by atoms with Crippen LogP contribution in [0, 0.1) is 0 Å². The number of esters is 1. The molecule has 0 spiro atoms. The van der Waals surface area contributed by atoms with Gasteiger partial charge in [-0.25, -0.2) is 9.59 Å². The lowest BCUT2D eigenvalue weighted by Crippen LogP contribution is -2.52. The van der Waals surface area contributed by atoms with Crippen LogP contribution in [-0.4, -0.2) is 62.8 Å². The number of hydrogen-bond donors (Lipinski definition) is 2. The van der Waals surface area contributed by atoms with E-state index in [1.165, 1.54) is 0 Å². The van der Waals surface area contributed by atoms with E-state index >= 15 is 0 Å². The molecule has 2 amide bonds. The maximum atomic E-state index is 13.1. The van der Waals surface area contributed by atoms with Gasteiger partial charge in [0.05, 0.1) is 35.5 Å². The first kappa shape index (κ1) is 24.9. The summed E-state index contributed by atoms with van der Waals surface area (Å²) in [5.74, 6) is 0.165. The zero-order valence-electron chi connectivity index (χ0n) is 20.1. The van der Waals surface area contributed by atoms with Crippen LogP contribution < -0.4 is 20.3 Å². The van der Waals surface area contributed by atoms with Crippen LogP contribution in [0.4, 0.5) is 10.5 Å². The topological polar surface area (TPSA) is 83.1 Å². The average molecular weight is 499 g/mol. The standard InChI is InChI=1S/C26H31ClN4O4/c1-3-34-22-12-8-5-9-18(22)24-23(25(32)35-4-2)20(28-26(33)29-24)17-30-13-15-31(16-14-30)21-11-7-6-10-19(21)27/h5-12,24H,3-4,13-17H2,1-2H3,(H2,28,29,33). The highest BCUT2D eigenvalue weighted by molar-refractivity contribution is 6.33. The van der Waals surface area contributed by atoms with Crippen molar-refractivity contribution < 1.29 is 19.1 Å². The van der Waals surface area contributed by atoms with Gasteiger partial charge in [-0.1, -0.05) is 41.9 Å². The van der Waals surface area contributed by atoms with E-state index in [4.69, 9.17) is 21.1 Å². The lowest BCUT2D eigenvalue weighted by Gasteiger charge is -2.38. The highest BCUT2D eigenvalue weighted by atomic mass is 35.5. The normalized spacial score (nSPS) is 18.7. The molecule has 0 saturated carbocycles. The van der Waals surface area contributed by atoms with E-state index in [9.17, 15) is 9.59 Å². The second-order valence-corrected chi connectivity index (χ2v) is 8.74. The molecule has 1 saturated heterocycles. The zero-order valence-corrected chi connectivity index (χ0v) is 20.8. The summed E-state index contributed by atoms with van der Waals surface area (Å²) in [7, 11) is 0. The Morgan fingerprint density at radius 2 is 1.74 bits per heavy atom. The largest absolute Gasteiger partial charge is 0.494 e. The van der Waals surface area contributed by atoms with E-state index < -0.39 is 12.0 Å². The number of nitrogens with zero attached hydrogens (tertiary/aromatic N) is 2. The number of amides is 2. The van der Waals surface area contributed by atoms with E-state index in [1.54, 1.807) is 6.92 Å². The van der Waals surface area contributed by atoms with Gasteiger partial charge in [-0.05, 0) is 32.0 Å². The smallest absolute Gasteiger partial charge is 0.338 e. The van der Waals surface area contributed by atoms with Gasteiger partial charge in [0.15, 0.2) is 0 Å². The van der Waals surface area contributed by atoms with E-state index in [0.717, 1.165) is 36.9 Å². The highest BCUT2D eigenvalue weighted by Crippen LogP contribution is 2.34. The molecule has 1 atom stereocenters. The Bertz CT molecular complexity index is 1100. The molecule has 0 aliphatic carbocycles. The van der Waals surface area contributed by atoms with Crippen molar-refractivity contribution in [3.63, 3.8) is 0 Å². The first-order chi connectivity index (χ1) is 17.0. The van der Waals surface area contributed by atoms with Gasteiger partial charge in [0.1, 0.15) is 5.75 Å². The van der Waals surface area contributed by atoms with Crippen molar-refractivity contribution >= 4 is 29.3 Å². The number of piperazine rings is 1. The van der Waals surface area contributed by atoms with Crippen LogP contribution in [0.1, 0.15) is 25.5 Å². The fourth-order valence-corrected chi connectivity index (χ4v) is 4.77. The van der Waals surface area contributed by atoms with Gasteiger partial charge in [-0.3, -0.25) is 4.90 Å². The van der Waals surface area contributed by atoms with Crippen molar-refractivity contribution in [2.75, 3.05) is 50.8 Å². The van der Waals surface area contributed by atoms with Gasteiger partial charge in [0.2, 0.25) is 0 Å². The number of halogens is 1. The third kappa shape index (κ3) is 5.71. The molecule has 2 aliphatic heterocycles. The van der Waals surface area contributed by atoms with Crippen LogP contribution in [0.5, 0.6) is 5.75 Å². The Balaban J connectivity index is 1.59. The Hall–Kier alpha value is -3.23. The lowest BCUT2D eigenvalue weighted by atomic mass is 9.94. The molecule has 2 aromatic rings. The van der Waals surface area contributed by atoms with Crippen LogP contribution in [0.15, 0.2) is 59.8 Å². The molecule has 35 heavy (non-hydrogen) atoms. The second kappa shape index (κ2) is 11.5. The number of urea groups is 1. The number of nitrogens with one attached hydrogen (secondary N) is 2. The molecular formula is C26H31ClN4O4. The van der Waals surface area contributed by atoms with Gasteiger partial charge in [-0.15, -0.1) is 0 Å². The molecule has 2 aliphatic rings. The maximum absolute atomic E-state index is 13.1. The SMILES string of the molecule is CCOC(=O)C1=C(CN2CCN(c3ccccc3Cl)CC2)NC(=O)NC1c1ccccc1OCC. The number of benzene rings is 2. The molecule has 1 unspecified atom stereocenters. The van der Waals surface area contributed by atoms with Crippen molar-refractivity contribution in [3.05, 3.63) is 70.4 Å². The fraction of sp³-hybridized carbons (Fsp3) is 0.385. The summed E-state index contributed by atoms with van der Waals surface area (Å²) >= 11 is 6.38. The van der Waals surface area contributed by atoms with Crippen molar-refractivity contribution in [1.29, 1.82) is 0 Å². The molecule has 0 aromatic heterocycles. The number of carbonyl (C=O) groups excluding carboxylic acids is 2. The summed E-state index contributed by atoms with van der Waals surface area (Å²) in [5.41, 5.74) is 2.68. The van der Waals surface area contributed by atoms with E-state index in [-0.39, 0.29) is 12.6 Å². The molecule has 8 nitrogen and oxygen atoms in total.